The molecule has 2 aliphatic rings. The summed E-state index contributed by atoms with van der Waals surface area (Å²) in [6.07, 6.45) is 3.21. The highest BCUT2D eigenvalue weighted by Gasteiger charge is 2.38. The van der Waals surface area contributed by atoms with Crippen molar-refractivity contribution in [3.63, 3.8) is 0 Å². The van der Waals surface area contributed by atoms with Crippen LogP contribution in [0.5, 0.6) is 0 Å². The lowest BCUT2D eigenvalue weighted by atomic mass is 9.88. The van der Waals surface area contributed by atoms with Gasteiger partial charge in [-0.05, 0) is 50.5 Å². The molecule has 0 spiro atoms. The van der Waals surface area contributed by atoms with E-state index in [0.29, 0.717) is 12.4 Å². The highest BCUT2D eigenvalue weighted by atomic mass is 35.5. The van der Waals surface area contributed by atoms with E-state index in [1.54, 1.807) is 11.8 Å². The Kier molecular flexibility index (Phi) is 7.99. The quantitative estimate of drug-likeness (QED) is 0.678. The van der Waals surface area contributed by atoms with Crippen LogP contribution < -0.4 is 15.1 Å². The molecule has 184 valence electrons. The van der Waals surface area contributed by atoms with Gasteiger partial charge in [0.1, 0.15) is 0 Å². The number of halogens is 1. The van der Waals surface area contributed by atoms with Crippen molar-refractivity contribution in [2.45, 2.75) is 52.2 Å². The van der Waals surface area contributed by atoms with Crippen LogP contribution in [0.2, 0.25) is 0 Å². The minimum Gasteiger partial charge on any atom is -0.465 e. The van der Waals surface area contributed by atoms with Crippen LogP contribution >= 0.6 is 12.4 Å². The van der Waals surface area contributed by atoms with E-state index in [0.717, 1.165) is 48.6 Å². The molecule has 1 aromatic carbocycles. The second-order valence-corrected chi connectivity index (χ2v) is 9.06. The molecule has 2 N–H and O–H groups in total. The van der Waals surface area contributed by atoms with E-state index in [2.05, 4.69) is 20.2 Å². The Hall–Kier alpha value is -2.91. The zero-order chi connectivity index (χ0) is 23.7. The van der Waals surface area contributed by atoms with Crippen molar-refractivity contribution in [1.82, 2.24) is 20.2 Å². The number of carbonyl (C=O) groups excluding carboxylic acids is 1. The Balaban J connectivity index is 0.00000324. The summed E-state index contributed by atoms with van der Waals surface area (Å²) < 4.78 is 0. The van der Waals surface area contributed by atoms with Gasteiger partial charge >= 0.3 is 6.09 Å². The van der Waals surface area contributed by atoms with Crippen molar-refractivity contribution in [1.29, 1.82) is 0 Å². The first-order chi connectivity index (χ1) is 15.8. The number of anilines is 2. The highest BCUT2D eigenvalue weighted by Crippen LogP contribution is 2.43. The maximum Gasteiger partial charge on any atom is 0.408 e. The molecule has 1 fully saturated rings. The summed E-state index contributed by atoms with van der Waals surface area (Å²) in [6, 6.07) is 5.22. The van der Waals surface area contributed by atoms with Crippen LogP contribution in [0.3, 0.4) is 0 Å². The molecule has 3 heterocycles. The van der Waals surface area contributed by atoms with Gasteiger partial charge in [-0.1, -0.05) is 6.07 Å². The topological polar surface area (TPSA) is 102 Å². The van der Waals surface area contributed by atoms with Gasteiger partial charge in [-0.3, -0.25) is 9.69 Å². The third-order valence-electron chi connectivity index (χ3n) is 6.47. The maximum atomic E-state index is 12.4. The lowest BCUT2D eigenvalue weighted by Gasteiger charge is -2.43. The van der Waals surface area contributed by atoms with E-state index in [1.165, 1.54) is 4.90 Å². The number of rotatable bonds is 4. The van der Waals surface area contributed by atoms with Gasteiger partial charge in [0, 0.05) is 68.8 Å². The number of carboxylic acid groups (broad SMARTS) is 1. The van der Waals surface area contributed by atoms with Gasteiger partial charge in [0.15, 0.2) is 0 Å². The molecule has 4 rings (SSSR count). The van der Waals surface area contributed by atoms with E-state index in [1.807, 2.05) is 51.4 Å². The molecule has 2 amide bonds. The van der Waals surface area contributed by atoms with Crippen molar-refractivity contribution in [2.24, 2.45) is 0 Å². The smallest absolute Gasteiger partial charge is 0.408 e. The Morgan fingerprint density at radius 3 is 2.35 bits per heavy atom. The number of benzene rings is 1. The summed E-state index contributed by atoms with van der Waals surface area (Å²) in [7, 11) is 0. The van der Waals surface area contributed by atoms with Gasteiger partial charge in [0.05, 0.1) is 6.04 Å². The first-order valence-corrected chi connectivity index (χ1v) is 11.5. The van der Waals surface area contributed by atoms with E-state index in [4.69, 9.17) is 0 Å². The van der Waals surface area contributed by atoms with Crippen molar-refractivity contribution in [2.75, 3.05) is 36.0 Å². The van der Waals surface area contributed by atoms with E-state index in [-0.39, 0.29) is 36.4 Å². The van der Waals surface area contributed by atoms with Gasteiger partial charge in [-0.15, -0.1) is 12.4 Å². The average molecular weight is 489 g/mol. The van der Waals surface area contributed by atoms with Gasteiger partial charge in [-0.2, -0.15) is 0 Å². The minimum absolute atomic E-state index is 0. The molecule has 1 saturated heterocycles. The van der Waals surface area contributed by atoms with Crippen LogP contribution in [-0.4, -0.2) is 70.2 Å². The highest BCUT2D eigenvalue weighted by molar-refractivity contribution is 5.94. The predicted molar refractivity (Wildman–Crippen MR) is 135 cm³/mol. The van der Waals surface area contributed by atoms with Crippen molar-refractivity contribution < 1.29 is 14.7 Å². The SMILES string of the molecule is CC(=O)N1c2ccc(-c3cnc(N4CCNCC4)nc3)cc2[C@H](N(C(=O)O)C(C)C)C[C@@H]1C.Cl. The standard InChI is InChI=1S/C24H32N6O3.ClH/c1-15(2)29(24(32)33)22-11-16(3)30(17(4)31)21-6-5-18(12-20(21)22)19-13-26-23(27-14-19)28-9-7-25-8-10-28;/h5-6,12-16,22,25H,7-11H2,1-4H3,(H,32,33);1H/t16-,22+;/m0./s1. The summed E-state index contributed by atoms with van der Waals surface area (Å²) in [5.41, 5.74) is 3.36. The molecule has 1 aromatic heterocycles. The molecule has 10 heteroatoms. The number of hydrogen-bond donors (Lipinski definition) is 2. The molecule has 0 unspecified atom stereocenters. The zero-order valence-electron chi connectivity index (χ0n) is 20.1. The molecule has 0 aliphatic carbocycles. The third kappa shape index (κ3) is 4.95. The number of piperazine rings is 1. The van der Waals surface area contributed by atoms with E-state index >= 15 is 0 Å². The number of hydrogen-bond acceptors (Lipinski definition) is 6. The summed E-state index contributed by atoms with van der Waals surface area (Å²) in [5.74, 6) is 0.662. The Morgan fingerprint density at radius 1 is 1.15 bits per heavy atom. The first-order valence-electron chi connectivity index (χ1n) is 11.5. The predicted octanol–water partition coefficient (Wildman–Crippen LogP) is 3.55. The fourth-order valence-electron chi connectivity index (χ4n) is 4.97. The van der Waals surface area contributed by atoms with Crippen LogP contribution in [0.25, 0.3) is 11.1 Å². The maximum absolute atomic E-state index is 12.4. The minimum atomic E-state index is -0.960. The molecule has 34 heavy (non-hydrogen) atoms. The Morgan fingerprint density at radius 2 is 1.79 bits per heavy atom. The first kappa shape index (κ1) is 25.7. The summed E-state index contributed by atoms with van der Waals surface area (Å²) in [5, 5.41) is 13.3. The summed E-state index contributed by atoms with van der Waals surface area (Å²) >= 11 is 0. The zero-order valence-corrected chi connectivity index (χ0v) is 20.9. The fourth-order valence-corrected chi connectivity index (χ4v) is 4.97. The monoisotopic (exact) mass is 488 g/mol. The molecule has 9 nitrogen and oxygen atoms in total. The molecular formula is C24H33ClN6O3. The number of carbonyl (C=O) groups is 2. The van der Waals surface area contributed by atoms with Gasteiger partial charge in [0.25, 0.3) is 0 Å². The summed E-state index contributed by atoms with van der Waals surface area (Å²) in [6.45, 7) is 10.8. The molecule has 2 aromatic rings. The number of nitrogens with zero attached hydrogens (tertiary/aromatic N) is 5. The number of aromatic nitrogens is 2. The lowest BCUT2D eigenvalue weighted by Crippen LogP contribution is -2.48. The normalized spacial score (nSPS) is 19.9. The Labute approximate surface area is 206 Å². The second kappa shape index (κ2) is 10.6. The average Bonchev–Trinajstić information content (AvgIpc) is 2.79. The molecule has 0 bridgehead atoms. The lowest BCUT2D eigenvalue weighted by molar-refractivity contribution is -0.117. The molecular weight excluding hydrogens is 456 g/mol. The number of nitrogens with one attached hydrogen (secondary N) is 1. The molecule has 0 saturated carbocycles. The van der Waals surface area contributed by atoms with Crippen LogP contribution in [0, 0.1) is 0 Å². The van der Waals surface area contributed by atoms with Crippen molar-refractivity contribution >= 4 is 36.0 Å². The van der Waals surface area contributed by atoms with Crippen molar-refractivity contribution in [3.05, 3.63) is 36.2 Å². The van der Waals surface area contributed by atoms with E-state index in [9.17, 15) is 14.7 Å². The third-order valence-corrected chi connectivity index (χ3v) is 6.47. The van der Waals surface area contributed by atoms with Crippen molar-refractivity contribution in [3.8, 4) is 11.1 Å². The number of amides is 2. The number of fused-ring (bicyclic) bond motifs is 1. The molecule has 2 aliphatic heterocycles. The Bertz CT molecular complexity index is 1030. The van der Waals surface area contributed by atoms with Crippen LogP contribution in [-0.2, 0) is 4.79 Å². The van der Waals surface area contributed by atoms with E-state index < -0.39 is 6.09 Å². The largest absolute Gasteiger partial charge is 0.465 e. The van der Waals surface area contributed by atoms with Gasteiger partial charge < -0.3 is 20.2 Å². The molecule has 2 atom stereocenters. The van der Waals surface area contributed by atoms with Crippen LogP contribution in [0.1, 0.15) is 45.7 Å². The van der Waals surface area contributed by atoms with Crippen LogP contribution in [0.15, 0.2) is 30.6 Å². The van der Waals surface area contributed by atoms with Gasteiger partial charge in [-0.25, -0.2) is 14.8 Å². The second-order valence-electron chi connectivity index (χ2n) is 9.06. The summed E-state index contributed by atoms with van der Waals surface area (Å²) in [4.78, 5) is 39.1. The van der Waals surface area contributed by atoms with Crippen LogP contribution in [0.4, 0.5) is 16.4 Å². The molecule has 0 radical (unpaired) electrons. The van der Waals surface area contributed by atoms with Gasteiger partial charge in [0.2, 0.25) is 11.9 Å². The fraction of sp³-hybridized carbons (Fsp3) is 0.500.